The van der Waals surface area contributed by atoms with Crippen LogP contribution in [0.3, 0.4) is 0 Å². The number of thioether (sulfide) groups is 1. The molecular formula is C23H22N2O2S2. The summed E-state index contributed by atoms with van der Waals surface area (Å²) < 4.78 is 0. The van der Waals surface area contributed by atoms with E-state index in [0.717, 1.165) is 36.4 Å². The van der Waals surface area contributed by atoms with Crippen LogP contribution in [0.5, 0.6) is 0 Å². The zero-order valence-electron chi connectivity index (χ0n) is 16.2. The van der Waals surface area contributed by atoms with Gasteiger partial charge in [0.15, 0.2) is 0 Å². The molecule has 4 rings (SSSR count). The van der Waals surface area contributed by atoms with Gasteiger partial charge in [-0.25, -0.2) is 0 Å². The van der Waals surface area contributed by atoms with Gasteiger partial charge in [0, 0.05) is 27.6 Å². The lowest BCUT2D eigenvalue weighted by atomic mass is 10.1. The van der Waals surface area contributed by atoms with Gasteiger partial charge >= 0.3 is 0 Å². The minimum absolute atomic E-state index is 0.0113. The summed E-state index contributed by atoms with van der Waals surface area (Å²) in [6.07, 6.45) is 5.11. The molecule has 0 spiro atoms. The second kappa shape index (κ2) is 8.84. The highest BCUT2D eigenvalue weighted by atomic mass is 32.2. The molecule has 1 aliphatic rings. The number of carbonyl (C=O) groups is 2. The van der Waals surface area contributed by atoms with E-state index in [1.807, 2.05) is 41.5 Å². The molecular weight excluding hydrogens is 400 g/mol. The van der Waals surface area contributed by atoms with Crippen LogP contribution in [0.15, 0.2) is 64.9 Å². The molecule has 2 heterocycles. The molecule has 3 aromatic rings. The zero-order valence-corrected chi connectivity index (χ0v) is 17.8. The van der Waals surface area contributed by atoms with Crippen LogP contribution in [-0.4, -0.2) is 24.6 Å². The summed E-state index contributed by atoms with van der Waals surface area (Å²) in [4.78, 5) is 29.8. The van der Waals surface area contributed by atoms with Crippen LogP contribution < -0.4 is 10.2 Å². The zero-order chi connectivity index (χ0) is 20.2. The molecule has 1 aliphatic heterocycles. The van der Waals surface area contributed by atoms with E-state index in [-0.39, 0.29) is 11.8 Å². The van der Waals surface area contributed by atoms with Gasteiger partial charge in [-0.15, -0.1) is 23.1 Å². The molecule has 0 bridgehead atoms. The Kier molecular flexibility index (Phi) is 6.02. The summed E-state index contributed by atoms with van der Waals surface area (Å²) in [5.41, 5.74) is 3.00. The molecule has 0 aliphatic carbocycles. The molecule has 2 aromatic carbocycles. The van der Waals surface area contributed by atoms with Crippen LogP contribution >= 0.6 is 23.1 Å². The number of rotatable bonds is 4. The number of benzene rings is 2. The third-order valence-corrected chi connectivity index (χ3v) is 6.80. The third kappa shape index (κ3) is 4.23. The smallest absolute Gasteiger partial charge is 0.258 e. The number of nitrogens with one attached hydrogen (secondary N) is 1. The van der Waals surface area contributed by atoms with E-state index in [4.69, 9.17) is 0 Å². The number of fused-ring (bicyclic) bond motifs is 1. The van der Waals surface area contributed by atoms with Gasteiger partial charge in [-0.2, -0.15) is 0 Å². The highest BCUT2D eigenvalue weighted by Gasteiger charge is 2.23. The van der Waals surface area contributed by atoms with Crippen molar-refractivity contribution in [3.05, 3.63) is 76.0 Å². The Morgan fingerprint density at radius 3 is 2.62 bits per heavy atom. The summed E-state index contributed by atoms with van der Waals surface area (Å²) in [6, 6.07) is 16.7. The summed E-state index contributed by atoms with van der Waals surface area (Å²) in [5, 5.41) is 4.98. The van der Waals surface area contributed by atoms with Crippen LogP contribution in [0.25, 0.3) is 0 Å². The van der Waals surface area contributed by atoms with Gasteiger partial charge in [0.2, 0.25) is 0 Å². The van der Waals surface area contributed by atoms with Gasteiger partial charge in [-0.3, -0.25) is 9.59 Å². The van der Waals surface area contributed by atoms with Gasteiger partial charge in [-0.1, -0.05) is 12.1 Å². The molecule has 148 valence electrons. The maximum atomic E-state index is 13.1. The van der Waals surface area contributed by atoms with Crippen molar-refractivity contribution in [2.24, 2.45) is 0 Å². The first-order chi connectivity index (χ1) is 14.2. The summed E-state index contributed by atoms with van der Waals surface area (Å²) in [7, 11) is 0. The van der Waals surface area contributed by atoms with Crippen molar-refractivity contribution in [3.8, 4) is 0 Å². The molecule has 4 nitrogen and oxygen atoms in total. The maximum Gasteiger partial charge on any atom is 0.258 e. The van der Waals surface area contributed by atoms with Crippen molar-refractivity contribution < 1.29 is 9.59 Å². The first kappa shape index (κ1) is 19.7. The van der Waals surface area contributed by atoms with Crippen LogP contribution in [0.4, 0.5) is 11.4 Å². The Hall–Kier alpha value is -2.57. The summed E-state index contributed by atoms with van der Waals surface area (Å²) >= 11 is 3.27. The number of anilines is 2. The second-order valence-electron chi connectivity index (χ2n) is 6.87. The topological polar surface area (TPSA) is 49.4 Å². The molecule has 0 radical (unpaired) electrons. The molecule has 1 N–H and O–H groups in total. The quantitative estimate of drug-likeness (QED) is 0.548. The highest BCUT2D eigenvalue weighted by Crippen LogP contribution is 2.32. The number of thiophene rings is 1. The molecule has 0 saturated carbocycles. The van der Waals surface area contributed by atoms with Crippen molar-refractivity contribution >= 4 is 46.3 Å². The third-order valence-electron chi connectivity index (χ3n) is 5.03. The van der Waals surface area contributed by atoms with Crippen LogP contribution in [0, 0.1) is 0 Å². The number of carbonyl (C=O) groups excluding carboxylic acids is 2. The molecule has 1 aromatic heterocycles. The average molecular weight is 423 g/mol. The first-order valence-corrected chi connectivity index (χ1v) is 11.7. The maximum absolute atomic E-state index is 13.1. The SMILES string of the molecule is CSc1ccccc1C(=O)Nc1ccc(C(=O)N2CCCCc3sccc32)cc1. The predicted molar refractivity (Wildman–Crippen MR) is 122 cm³/mol. The van der Waals surface area contributed by atoms with Crippen LogP contribution in [-0.2, 0) is 6.42 Å². The van der Waals surface area contributed by atoms with Gasteiger partial charge in [-0.05, 0) is 73.4 Å². The second-order valence-corrected chi connectivity index (χ2v) is 8.72. The van der Waals surface area contributed by atoms with E-state index in [9.17, 15) is 9.59 Å². The molecule has 29 heavy (non-hydrogen) atoms. The minimum atomic E-state index is -0.149. The molecule has 2 amide bonds. The lowest BCUT2D eigenvalue weighted by Crippen LogP contribution is -2.31. The largest absolute Gasteiger partial charge is 0.322 e. The van der Waals surface area contributed by atoms with Crippen molar-refractivity contribution in [1.29, 1.82) is 0 Å². The van der Waals surface area contributed by atoms with Gasteiger partial charge in [0.1, 0.15) is 0 Å². The van der Waals surface area contributed by atoms with Gasteiger partial charge < -0.3 is 10.2 Å². The van der Waals surface area contributed by atoms with Crippen molar-refractivity contribution in [3.63, 3.8) is 0 Å². The molecule has 6 heteroatoms. The Morgan fingerprint density at radius 2 is 1.83 bits per heavy atom. The number of hydrogen-bond acceptors (Lipinski definition) is 4. The normalized spacial score (nSPS) is 13.5. The Balaban J connectivity index is 1.50. The Morgan fingerprint density at radius 1 is 1.03 bits per heavy atom. The Bertz CT molecular complexity index is 1030. The number of hydrogen-bond donors (Lipinski definition) is 1. The summed E-state index contributed by atoms with van der Waals surface area (Å²) in [6.45, 7) is 0.743. The average Bonchev–Trinajstić information content (AvgIpc) is 3.13. The fraction of sp³-hybridized carbons (Fsp3) is 0.217. The van der Waals surface area contributed by atoms with Crippen LogP contribution in [0.2, 0.25) is 0 Å². The van der Waals surface area contributed by atoms with Crippen molar-refractivity contribution in [2.45, 2.75) is 24.2 Å². The van der Waals surface area contributed by atoms with E-state index in [0.29, 0.717) is 16.8 Å². The number of aryl methyl sites for hydroxylation is 1. The molecule has 0 unspecified atom stereocenters. The van der Waals surface area contributed by atoms with E-state index >= 15 is 0 Å². The molecule has 0 atom stereocenters. The van der Waals surface area contributed by atoms with E-state index in [1.54, 1.807) is 47.4 Å². The lowest BCUT2D eigenvalue weighted by molar-refractivity contribution is 0.0985. The van der Waals surface area contributed by atoms with E-state index in [1.165, 1.54) is 4.88 Å². The molecule has 0 fully saturated rings. The summed E-state index contributed by atoms with van der Waals surface area (Å²) in [5.74, 6) is -0.137. The van der Waals surface area contributed by atoms with Gasteiger partial charge in [0.05, 0.1) is 11.3 Å². The number of nitrogens with zero attached hydrogens (tertiary/aromatic N) is 1. The highest BCUT2D eigenvalue weighted by molar-refractivity contribution is 7.98. The Labute approximate surface area is 178 Å². The standard InChI is InChI=1S/C23H22N2O2S2/c1-28-20-7-3-2-6-18(20)22(26)24-17-11-9-16(10-12-17)23(27)25-14-5-4-8-21-19(25)13-15-29-21/h2-3,6-7,9-13,15H,4-5,8,14H2,1H3,(H,24,26). The van der Waals surface area contributed by atoms with E-state index in [2.05, 4.69) is 10.7 Å². The van der Waals surface area contributed by atoms with Crippen LogP contribution in [0.1, 0.15) is 38.4 Å². The fourth-order valence-corrected chi connectivity index (χ4v) is 5.05. The monoisotopic (exact) mass is 422 g/mol. The first-order valence-electron chi connectivity index (χ1n) is 9.60. The predicted octanol–water partition coefficient (Wildman–Crippen LogP) is 5.71. The van der Waals surface area contributed by atoms with E-state index < -0.39 is 0 Å². The minimum Gasteiger partial charge on any atom is -0.322 e. The van der Waals surface area contributed by atoms with Gasteiger partial charge in [0.25, 0.3) is 11.8 Å². The molecule has 0 saturated heterocycles. The van der Waals surface area contributed by atoms with Crippen molar-refractivity contribution in [2.75, 3.05) is 23.0 Å². The fourth-order valence-electron chi connectivity index (χ4n) is 3.53. The lowest BCUT2D eigenvalue weighted by Gasteiger charge is -2.21. The van der Waals surface area contributed by atoms with Crippen molar-refractivity contribution in [1.82, 2.24) is 0 Å². The number of amides is 2.